The lowest BCUT2D eigenvalue weighted by Gasteiger charge is -2.05. The first-order valence-electron chi connectivity index (χ1n) is 14.2. The SMILES string of the molecule is c1ccc2c(c1)oc1c(-c3ccc4oc5nc6ccc(-c7cccc8c7sc7ccccc78)cc6nc5c4c3)cccc12. The molecule has 0 spiro atoms. The molecule has 0 saturated carbocycles. The highest BCUT2D eigenvalue weighted by atomic mass is 32.1. The van der Waals surface area contributed by atoms with Crippen LogP contribution in [0.25, 0.3) is 97.6 Å². The van der Waals surface area contributed by atoms with E-state index >= 15 is 0 Å². The summed E-state index contributed by atoms with van der Waals surface area (Å²) in [4.78, 5) is 10.0. The molecule has 0 saturated heterocycles. The Morgan fingerprint density at radius 2 is 1.23 bits per heavy atom. The van der Waals surface area contributed by atoms with Crippen molar-refractivity contribution in [2.75, 3.05) is 0 Å². The van der Waals surface area contributed by atoms with Gasteiger partial charge in [-0.2, -0.15) is 0 Å². The molecule has 200 valence electrons. The van der Waals surface area contributed by atoms with Crippen molar-refractivity contribution in [2.45, 2.75) is 0 Å². The molecule has 0 atom stereocenters. The van der Waals surface area contributed by atoms with E-state index in [2.05, 4.69) is 91.0 Å². The van der Waals surface area contributed by atoms with Crippen molar-refractivity contribution in [3.8, 4) is 22.3 Å². The fraction of sp³-hybridized carbons (Fsp3) is 0. The van der Waals surface area contributed by atoms with E-state index in [1.165, 1.54) is 25.7 Å². The lowest BCUT2D eigenvalue weighted by molar-refractivity contribution is 0.655. The third-order valence-electron chi connectivity index (χ3n) is 8.50. The predicted octanol–water partition coefficient (Wildman–Crippen LogP) is 11.1. The number of fused-ring (bicyclic) bond motifs is 10. The van der Waals surface area contributed by atoms with E-state index in [-0.39, 0.29) is 0 Å². The zero-order chi connectivity index (χ0) is 28.1. The van der Waals surface area contributed by atoms with Crippen LogP contribution in [0.1, 0.15) is 0 Å². The molecule has 4 nitrogen and oxygen atoms in total. The molecule has 0 aliphatic carbocycles. The summed E-state index contributed by atoms with van der Waals surface area (Å²) in [5.74, 6) is 0. The van der Waals surface area contributed by atoms with Gasteiger partial charge >= 0.3 is 0 Å². The fourth-order valence-corrected chi connectivity index (χ4v) is 7.72. The molecule has 6 aromatic carbocycles. The van der Waals surface area contributed by atoms with E-state index in [1.54, 1.807) is 0 Å². The highest BCUT2D eigenvalue weighted by molar-refractivity contribution is 7.26. The summed E-state index contributed by atoms with van der Waals surface area (Å²) in [5.41, 5.74) is 9.92. The second-order valence-corrected chi connectivity index (χ2v) is 12.0. The van der Waals surface area contributed by atoms with Crippen molar-refractivity contribution in [1.82, 2.24) is 9.97 Å². The van der Waals surface area contributed by atoms with Crippen molar-refractivity contribution >= 4 is 86.7 Å². The summed E-state index contributed by atoms with van der Waals surface area (Å²) in [6.07, 6.45) is 0. The Labute approximate surface area is 248 Å². The van der Waals surface area contributed by atoms with Crippen LogP contribution in [0.15, 0.2) is 130 Å². The van der Waals surface area contributed by atoms with Crippen molar-refractivity contribution in [1.29, 1.82) is 0 Å². The maximum absolute atomic E-state index is 6.33. The number of para-hydroxylation sites is 2. The molecule has 0 radical (unpaired) electrons. The van der Waals surface area contributed by atoms with Crippen LogP contribution < -0.4 is 0 Å². The van der Waals surface area contributed by atoms with Gasteiger partial charge in [-0.3, -0.25) is 0 Å². The van der Waals surface area contributed by atoms with Crippen LogP contribution in [-0.4, -0.2) is 9.97 Å². The van der Waals surface area contributed by atoms with E-state index in [0.717, 1.165) is 66.1 Å². The smallest absolute Gasteiger partial charge is 0.246 e. The lowest BCUT2D eigenvalue weighted by atomic mass is 10.0. The van der Waals surface area contributed by atoms with Crippen LogP contribution in [-0.2, 0) is 0 Å². The van der Waals surface area contributed by atoms with Gasteiger partial charge in [-0.15, -0.1) is 11.3 Å². The molecule has 4 heterocycles. The maximum atomic E-state index is 6.33. The monoisotopic (exact) mass is 568 g/mol. The Morgan fingerprint density at radius 3 is 2.19 bits per heavy atom. The summed E-state index contributed by atoms with van der Waals surface area (Å²) < 4.78 is 15.1. The van der Waals surface area contributed by atoms with Gasteiger partial charge in [-0.25, -0.2) is 9.97 Å². The number of hydrogen-bond acceptors (Lipinski definition) is 5. The van der Waals surface area contributed by atoms with Gasteiger partial charge in [-0.1, -0.05) is 84.9 Å². The zero-order valence-corrected chi connectivity index (χ0v) is 23.5. The quantitative estimate of drug-likeness (QED) is 0.208. The number of hydrogen-bond donors (Lipinski definition) is 0. The summed E-state index contributed by atoms with van der Waals surface area (Å²) in [7, 11) is 0. The van der Waals surface area contributed by atoms with Gasteiger partial charge < -0.3 is 8.83 Å². The summed E-state index contributed by atoms with van der Waals surface area (Å²) in [6.45, 7) is 0. The van der Waals surface area contributed by atoms with Crippen molar-refractivity contribution in [3.63, 3.8) is 0 Å². The highest BCUT2D eigenvalue weighted by Crippen LogP contribution is 2.41. The van der Waals surface area contributed by atoms with Crippen molar-refractivity contribution < 1.29 is 8.83 Å². The molecular formula is C38H20N2O2S. The first kappa shape index (κ1) is 23.1. The average molecular weight is 569 g/mol. The van der Waals surface area contributed by atoms with Gasteiger partial charge in [0.15, 0.2) is 0 Å². The molecule has 5 heteroatoms. The number of rotatable bonds is 2. The molecule has 0 aliphatic heterocycles. The first-order valence-corrected chi connectivity index (χ1v) is 15.1. The Morgan fingerprint density at radius 1 is 0.488 bits per heavy atom. The minimum atomic E-state index is 0.543. The highest BCUT2D eigenvalue weighted by Gasteiger charge is 2.17. The minimum absolute atomic E-state index is 0.543. The summed E-state index contributed by atoms with van der Waals surface area (Å²) in [6, 6.07) is 42.2. The summed E-state index contributed by atoms with van der Waals surface area (Å²) in [5, 5.41) is 5.75. The van der Waals surface area contributed by atoms with Crippen LogP contribution in [0.4, 0.5) is 0 Å². The minimum Gasteiger partial charge on any atom is -0.455 e. The van der Waals surface area contributed by atoms with Gasteiger partial charge in [-0.05, 0) is 53.1 Å². The third-order valence-corrected chi connectivity index (χ3v) is 9.72. The van der Waals surface area contributed by atoms with Crippen LogP contribution in [0.2, 0.25) is 0 Å². The van der Waals surface area contributed by atoms with Crippen LogP contribution >= 0.6 is 11.3 Å². The van der Waals surface area contributed by atoms with Gasteiger partial charge in [0.05, 0.1) is 11.0 Å². The molecule has 10 rings (SSSR count). The number of furan rings is 2. The van der Waals surface area contributed by atoms with E-state index in [9.17, 15) is 0 Å². The standard InChI is InChI=1S/C38H20N2O2S/c1-3-13-32-25(7-1)27-11-5-9-23(36(27)41-32)21-16-18-33-29(19-21)35-38(42-33)40-30-17-15-22(20-31(30)39-35)24-10-6-12-28-26-8-2-4-14-34(26)43-37(24)28/h1-20H. The number of nitrogens with zero attached hydrogens (tertiary/aromatic N) is 2. The number of aromatic nitrogens is 2. The number of benzene rings is 6. The number of thiophene rings is 1. The normalized spacial score (nSPS) is 12.2. The lowest BCUT2D eigenvalue weighted by Crippen LogP contribution is -1.87. The molecule has 0 unspecified atom stereocenters. The van der Waals surface area contributed by atoms with Gasteiger partial charge in [0.25, 0.3) is 0 Å². The first-order chi connectivity index (χ1) is 21.3. The van der Waals surface area contributed by atoms with Crippen molar-refractivity contribution in [2.24, 2.45) is 0 Å². The Balaban J connectivity index is 1.16. The van der Waals surface area contributed by atoms with Crippen LogP contribution in [0.5, 0.6) is 0 Å². The molecule has 43 heavy (non-hydrogen) atoms. The second kappa shape index (κ2) is 8.51. The van der Waals surface area contributed by atoms with Crippen LogP contribution in [0, 0.1) is 0 Å². The van der Waals surface area contributed by atoms with E-state index in [1.807, 2.05) is 41.7 Å². The summed E-state index contributed by atoms with van der Waals surface area (Å²) >= 11 is 1.84. The van der Waals surface area contributed by atoms with Crippen molar-refractivity contribution in [3.05, 3.63) is 121 Å². The zero-order valence-electron chi connectivity index (χ0n) is 22.7. The molecule has 10 aromatic rings. The third kappa shape index (κ3) is 3.31. The Kier molecular flexibility index (Phi) is 4.57. The van der Waals surface area contributed by atoms with E-state index < -0.39 is 0 Å². The van der Waals surface area contributed by atoms with E-state index in [4.69, 9.17) is 18.8 Å². The molecule has 0 bridgehead atoms. The maximum Gasteiger partial charge on any atom is 0.246 e. The molecule has 0 aliphatic rings. The molecule has 0 fully saturated rings. The van der Waals surface area contributed by atoms with Gasteiger partial charge in [0.1, 0.15) is 22.3 Å². The van der Waals surface area contributed by atoms with E-state index in [0.29, 0.717) is 5.71 Å². The second-order valence-electron chi connectivity index (χ2n) is 11.0. The average Bonchev–Trinajstić information content (AvgIpc) is 3.74. The Bertz CT molecular complexity index is 2740. The van der Waals surface area contributed by atoms with Crippen LogP contribution in [0.3, 0.4) is 0 Å². The largest absolute Gasteiger partial charge is 0.455 e. The fourth-order valence-electron chi connectivity index (χ4n) is 6.48. The Hall–Kier alpha value is -5.52. The predicted molar refractivity (Wildman–Crippen MR) is 178 cm³/mol. The topological polar surface area (TPSA) is 52.1 Å². The molecule has 0 N–H and O–H groups in total. The molecule has 0 amide bonds. The van der Waals surface area contributed by atoms with Gasteiger partial charge in [0, 0.05) is 41.9 Å². The molecule has 4 aromatic heterocycles. The van der Waals surface area contributed by atoms with Gasteiger partial charge in [0.2, 0.25) is 5.71 Å². The molecular weight excluding hydrogens is 548 g/mol.